The van der Waals surface area contributed by atoms with E-state index < -0.39 is 16.6 Å². The molecule has 1 aromatic carbocycles. The molecule has 2 N–H and O–H groups in total. The van der Waals surface area contributed by atoms with Gasteiger partial charge in [0.05, 0.1) is 6.61 Å². The molecule has 112 valence electrons. The lowest BCUT2D eigenvalue weighted by Gasteiger charge is -2.13. The number of hydrogen-bond donors (Lipinski definition) is 2. The normalized spacial score (nSPS) is 10.0. The van der Waals surface area contributed by atoms with Crippen molar-refractivity contribution in [3.8, 4) is 5.75 Å². The summed E-state index contributed by atoms with van der Waals surface area (Å²) in [5, 5.41) is 21.0. The zero-order chi connectivity index (χ0) is 15.8. The zero-order valence-corrected chi connectivity index (χ0v) is 12.5. The van der Waals surface area contributed by atoms with Gasteiger partial charge in [-0.3, -0.25) is 4.79 Å². The number of halogens is 3. The Morgan fingerprint density at radius 2 is 1.80 bits per heavy atom. The molecule has 9 heteroatoms. The van der Waals surface area contributed by atoms with Crippen LogP contribution < -0.4 is 10.4 Å². The molecule has 0 radical (unpaired) electrons. The fourth-order valence-electron chi connectivity index (χ4n) is 0.889. The second-order valence-electron chi connectivity index (χ2n) is 3.38. The number of benzene rings is 1. The highest BCUT2D eigenvalue weighted by molar-refractivity contribution is 6.67. The molecule has 0 aliphatic heterocycles. The Labute approximate surface area is 130 Å². The number of carbonyl (C=O) groups is 2. The van der Waals surface area contributed by atoms with Gasteiger partial charge < -0.3 is 25.1 Å². The molecule has 0 unspecified atom stereocenters. The standard InChI is InChI=1S/C8H9NO2.C3H3Cl3O3/c1-6(10)9-7-2-4-8(11)5-3-7;4-3(5,6)1-9-2(7)8/h2-5,11H,1H3,(H,9,10);1H2,(H,7,8)/p-1. The fourth-order valence-corrected chi connectivity index (χ4v) is 1.05. The molecular weight excluding hydrogens is 332 g/mol. The lowest BCUT2D eigenvalue weighted by molar-refractivity contribution is -0.282. The van der Waals surface area contributed by atoms with Gasteiger partial charge >= 0.3 is 0 Å². The number of rotatable bonds is 2. The van der Waals surface area contributed by atoms with E-state index in [0.717, 1.165) is 0 Å². The van der Waals surface area contributed by atoms with E-state index >= 15 is 0 Å². The third-order valence-corrected chi connectivity index (χ3v) is 1.87. The summed E-state index contributed by atoms with van der Waals surface area (Å²) in [7, 11) is 0. The van der Waals surface area contributed by atoms with Crippen molar-refractivity contribution in [2.75, 3.05) is 11.9 Å². The predicted octanol–water partition coefficient (Wildman–Crippen LogP) is 2.07. The first-order valence-corrected chi connectivity index (χ1v) is 6.20. The van der Waals surface area contributed by atoms with Gasteiger partial charge in [0.15, 0.2) is 0 Å². The van der Waals surface area contributed by atoms with Crippen LogP contribution in [0.2, 0.25) is 0 Å². The minimum Gasteiger partial charge on any atom is -0.545 e. The molecule has 0 aliphatic carbocycles. The third kappa shape index (κ3) is 11.7. The molecule has 1 aromatic rings. The number of aromatic hydroxyl groups is 1. The van der Waals surface area contributed by atoms with Crippen molar-refractivity contribution in [3.63, 3.8) is 0 Å². The van der Waals surface area contributed by atoms with Crippen LogP contribution in [-0.4, -0.2) is 27.6 Å². The van der Waals surface area contributed by atoms with E-state index in [2.05, 4.69) is 10.1 Å². The van der Waals surface area contributed by atoms with Crippen LogP contribution in [0.5, 0.6) is 5.75 Å². The first-order chi connectivity index (χ1) is 9.10. The van der Waals surface area contributed by atoms with Crippen LogP contribution in [0.25, 0.3) is 0 Å². The van der Waals surface area contributed by atoms with Gasteiger partial charge in [0, 0.05) is 12.6 Å². The van der Waals surface area contributed by atoms with Crippen LogP contribution in [0.15, 0.2) is 24.3 Å². The molecule has 0 fully saturated rings. The number of hydrogen-bond acceptors (Lipinski definition) is 5. The monoisotopic (exact) mass is 342 g/mol. The smallest absolute Gasteiger partial charge is 0.252 e. The Morgan fingerprint density at radius 1 is 1.30 bits per heavy atom. The van der Waals surface area contributed by atoms with Crippen molar-refractivity contribution in [2.24, 2.45) is 0 Å². The van der Waals surface area contributed by atoms with E-state index in [1.807, 2.05) is 0 Å². The molecule has 0 heterocycles. The van der Waals surface area contributed by atoms with Gasteiger partial charge in [0.2, 0.25) is 9.70 Å². The van der Waals surface area contributed by atoms with Crippen molar-refractivity contribution in [3.05, 3.63) is 24.3 Å². The molecule has 0 bridgehead atoms. The van der Waals surface area contributed by atoms with Crippen LogP contribution in [-0.2, 0) is 9.53 Å². The number of carbonyl (C=O) groups excluding carboxylic acids is 2. The minimum absolute atomic E-state index is 0.115. The number of phenols is 1. The summed E-state index contributed by atoms with van der Waals surface area (Å²) in [6.45, 7) is 0.923. The first kappa shape index (κ1) is 18.6. The van der Waals surface area contributed by atoms with E-state index in [0.29, 0.717) is 5.69 Å². The van der Waals surface area contributed by atoms with E-state index in [4.69, 9.17) is 39.9 Å². The average Bonchev–Trinajstić information content (AvgIpc) is 2.29. The molecule has 20 heavy (non-hydrogen) atoms. The number of anilines is 1. The minimum atomic E-state index is -1.71. The summed E-state index contributed by atoms with van der Waals surface area (Å²) in [6.07, 6.45) is -1.71. The third-order valence-electron chi connectivity index (χ3n) is 1.54. The van der Waals surface area contributed by atoms with Crippen molar-refractivity contribution < 1.29 is 24.5 Å². The first-order valence-electron chi connectivity index (χ1n) is 5.07. The van der Waals surface area contributed by atoms with Gasteiger partial charge in [-0.15, -0.1) is 0 Å². The van der Waals surface area contributed by atoms with Crippen molar-refractivity contribution in [1.29, 1.82) is 0 Å². The highest BCUT2D eigenvalue weighted by Gasteiger charge is 2.17. The number of nitrogens with one attached hydrogen (secondary N) is 1. The maximum atomic E-state index is 10.5. The molecule has 1 amide bonds. The Kier molecular flexibility index (Phi) is 8.13. The number of alkyl halides is 3. The SMILES string of the molecule is CC(=O)Nc1ccc(O)cc1.O=C([O-])OCC(Cl)(Cl)Cl. The maximum absolute atomic E-state index is 10.5. The molecular formula is C11H11Cl3NO5-. The van der Waals surface area contributed by atoms with Gasteiger partial charge in [-0.2, -0.15) is 0 Å². The van der Waals surface area contributed by atoms with E-state index in [-0.39, 0.29) is 11.7 Å². The lowest BCUT2D eigenvalue weighted by atomic mass is 10.3. The van der Waals surface area contributed by atoms with E-state index in [1.54, 1.807) is 12.1 Å². The van der Waals surface area contributed by atoms with Gasteiger partial charge in [0.1, 0.15) is 5.75 Å². The quantitative estimate of drug-likeness (QED) is 0.486. The van der Waals surface area contributed by atoms with Crippen molar-refractivity contribution >= 4 is 52.6 Å². The lowest BCUT2D eigenvalue weighted by Crippen LogP contribution is -2.27. The summed E-state index contributed by atoms with van der Waals surface area (Å²) in [6, 6.07) is 6.31. The summed E-state index contributed by atoms with van der Waals surface area (Å²) in [5.74, 6) is 0.0785. The second-order valence-corrected chi connectivity index (χ2v) is 5.90. The van der Waals surface area contributed by atoms with Gasteiger partial charge in [-0.05, 0) is 24.3 Å². The Bertz CT molecular complexity index is 444. The molecule has 0 aromatic heterocycles. The highest BCUT2D eigenvalue weighted by Crippen LogP contribution is 2.25. The van der Waals surface area contributed by atoms with Crippen molar-refractivity contribution in [2.45, 2.75) is 10.7 Å². The van der Waals surface area contributed by atoms with Gasteiger partial charge in [-0.25, -0.2) is 0 Å². The summed E-state index contributed by atoms with van der Waals surface area (Å²) in [5.41, 5.74) is 0.690. The summed E-state index contributed by atoms with van der Waals surface area (Å²) >= 11 is 15.3. The maximum Gasteiger partial charge on any atom is 0.252 e. The number of ether oxygens (including phenoxy) is 1. The van der Waals surface area contributed by atoms with Crippen LogP contribution >= 0.6 is 34.8 Å². The van der Waals surface area contributed by atoms with Crippen LogP contribution in [0.4, 0.5) is 10.5 Å². The van der Waals surface area contributed by atoms with Gasteiger partial charge in [-0.1, -0.05) is 34.8 Å². The zero-order valence-electron chi connectivity index (χ0n) is 10.2. The largest absolute Gasteiger partial charge is 0.545 e. The summed E-state index contributed by atoms with van der Waals surface area (Å²) in [4.78, 5) is 20.1. The molecule has 0 spiro atoms. The number of carboxylic acid groups (broad SMARTS) is 1. The average molecular weight is 344 g/mol. The summed E-state index contributed by atoms with van der Waals surface area (Å²) < 4.78 is 2.12. The van der Waals surface area contributed by atoms with E-state index in [9.17, 15) is 14.7 Å². The Morgan fingerprint density at radius 3 is 2.10 bits per heavy atom. The van der Waals surface area contributed by atoms with E-state index in [1.165, 1.54) is 19.1 Å². The Hall–Kier alpha value is -1.37. The van der Waals surface area contributed by atoms with Crippen LogP contribution in [0.1, 0.15) is 6.92 Å². The fraction of sp³-hybridized carbons (Fsp3) is 0.273. The topological polar surface area (TPSA) is 98.7 Å². The molecule has 0 saturated heterocycles. The van der Waals surface area contributed by atoms with Gasteiger partial charge in [0.25, 0.3) is 6.16 Å². The van der Waals surface area contributed by atoms with Crippen LogP contribution in [0, 0.1) is 0 Å². The Balaban J connectivity index is 0.000000370. The number of amides is 1. The molecule has 0 aliphatic rings. The number of phenolic OH excluding ortho intramolecular Hbond substituents is 1. The molecule has 0 saturated carbocycles. The second kappa shape index (κ2) is 8.73. The molecule has 6 nitrogen and oxygen atoms in total. The predicted molar refractivity (Wildman–Crippen MR) is 74.0 cm³/mol. The molecule has 1 rings (SSSR count). The molecule has 0 atom stereocenters. The highest BCUT2D eigenvalue weighted by atomic mass is 35.6. The van der Waals surface area contributed by atoms with Crippen LogP contribution in [0.3, 0.4) is 0 Å². The van der Waals surface area contributed by atoms with Crippen molar-refractivity contribution in [1.82, 2.24) is 0 Å².